The first kappa shape index (κ1) is 19.6. The first-order valence-electron chi connectivity index (χ1n) is 10.4. The van der Waals surface area contributed by atoms with Gasteiger partial charge in [-0.1, -0.05) is 42.5 Å². The van der Waals surface area contributed by atoms with Gasteiger partial charge in [-0.05, 0) is 49.9 Å². The molecule has 0 aromatic heterocycles. The molecule has 0 N–H and O–H groups in total. The number of carbonyl (C=O) groups is 1. The average Bonchev–Trinajstić information content (AvgIpc) is 3.49. The first-order valence-corrected chi connectivity index (χ1v) is 10.4. The van der Waals surface area contributed by atoms with Crippen molar-refractivity contribution in [1.82, 2.24) is 9.91 Å². The van der Waals surface area contributed by atoms with E-state index in [0.717, 1.165) is 22.6 Å². The second-order valence-corrected chi connectivity index (χ2v) is 8.14. The Morgan fingerprint density at radius 1 is 1.14 bits per heavy atom. The van der Waals surface area contributed by atoms with Crippen molar-refractivity contribution in [3.63, 3.8) is 0 Å². The third-order valence-electron chi connectivity index (χ3n) is 5.77. The highest BCUT2D eigenvalue weighted by atomic mass is 16.5. The minimum absolute atomic E-state index is 0.0670. The maximum Gasteiger partial charge on any atom is 0.257 e. The van der Waals surface area contributed by atoms with Crippen LogP contribution in [0, 0.1) is 0 Å². The molecule has 1 amide bonds. The molecule has 1 fully saturated rings. The molecule has 2 aromatic carbocycles. The third kappa shape index (κ3) is 4.35. The Morgan fingerprint density at radius 3 is 2.41 bits per heavy atom. The second kappa shape index (κ2) is 8.37. The lowest BCUT2D eigenvalue weighted by Crippen LogP contribution is -2.42. The summed E-state index contributed by atoms with van der Waals surface area (Å²) in [4.78, 5) is 15.6. The number of carbonyl (C=O) groups excluding carboxylic acids is 1. The number of nitrogens with zero attached hydrogens (tertiary/aromatic N) is 3. The van der Waals surface area contributed by atoms with Crippen molar-refractivity contribution in [3.05, 3.63) is 65.7 Å². The number of amides is 1. The molecule has 4 rings (SSSR count). The molecule has 1 atom stereocenters. The largest absolute Gasteiger partial charge is 0.497 e. The van der Waals surface area contributed by atoms with Crippen molar-refractivity contribution in [3.8, 4) is 5.75 Å². The van der Waals surface area contributed by atoms with Crippen LogP contribution in [0.3, 0.4) is 0 Å². The topological polar surface area (TPSA) is 45.1 Å². The lowest BCUT2D eigenvalue weighted by atomic mass is 9.98. The fourth-order valence-electron chi connectivity index (χ4n) is 4.00. The molecule has 1 saturated carbocycles. The first-order chi connectivity index (χ1) is 14.1. The van der Waals surface area contributed by atoms with E-state index in [1.165, 1.54) is 12.8 Å². The van der Waals surface area contributed by atoms with Gasteiger partial charge in [-0.3, -0.25) is 9.69 Å². The van der Waals surface area contributed by atoms with Crippen LogP contribution in [-0.2, 0) is 4.79 Å². The predicted molar refractivity (Wildman–Crippen MR) is 115 cm³/mol. The van der Waals surface area contributed by atoms with E-state index >= 15 is 0 Å². The molecule has 0 saturated heterocycles. The number of benzene rings is 2. The Morgan fingerprint density at radius 2 is 1.83 bits per heavy atom. The van der Waals surface area contributed by atoms with E-state index in [4.69, 9.17) is 9.84 Å². The van der Waals surface area contributed by atoms with Crippen LogP contribution in [0.5, 0.6) is 5.75 Å². The van der Waals surface area contributed by atoms with E-state index in [2.05, 4.69) is 30.9 Å². The summed E-state index contributed by atoms with van der Waals surface area (Å²) < 4.78 is 5.29. The molecule has 5 nitrogen and oxygen atoms in total. The highest BCUT2D eigenvalue weighted by Gasteiger charge is 2.37. The van der Waals surface area contributed by atoms with Gasteiger partial charge >= 0.3 is 0 Å². The van der Waals surface area contributed by atoms with Crippen LogP contribution in [0.15, 0.2) is 59.7 Å². The van der Waals surface area contributed by atoms with Gasteiger partial charge < -0.3 is 4.74 Å². The van der Waals surface area contributed by atoms with Crippen LogP contribution < -0.4 is 4.74 Å². The van der Waals surface area contributed by atoms with Crippen LogP contribution in [0.4, 0.5) is 0 Å². The number of hydrogen-bond donors (Lipinski definition) is 0. The summed E-state index contributed by atoms with van der Waals surface area (Å²) in [6.07, 6.45) is 3.09. The van der Waals surface area contributed by atoms with Gasteiger partial charge in [0.25, 0.3) is 5.91 Å². The summed E-state index contributed by atoms with van der Waals surface area (Å²) in [6.45, 7) is 4.74. The van der Waals surface area contributed by atoms with Gasteiger partial charge in [-0.2, -0.15) is 5.10 Å². The zero-order chi connectivity index (χ0) is 20.4. The van der Waals surface area contributed by atoms with Crippen LogP contribution in [0.1, 0.15) is 50.3 Å². The maximum atomic E-state index is 13.3. The minimum Gasteiger partial charge on any atom is -0.497 e. The smallest absolute Gasteiger partial charge is 0.257 e. The molecule has 29 heavy (non-hydrogen) atoms. The molecular weight excluding hydrogens is 362 g/mol. The number of methoxy groups -OCH3 is 1. The summed E-state index contributed by atoms with van der Waals surface area (Å²) in [7, 11) is 1.66. The molecule has 2 aromatic rings. The summed E-state index contributed by atoms with van der Waals surface area (Å²) in [5.41, 5.74) is 3.11. The van der Waals surface area contributed by atoms with Crippen molar-refractivity contribution in [2.75, 3.05) is 13.7 Å². The van der Waals surface area contributed by atoms with Crippen molar-refractivity contribution in [1.29, 1.82) is 0 Å². The number of hydrazone groups is 1. The Labute approximate surface area is 173 Å². The summed E-state index contributed by atoms with van der Waals surface area (Å²) in [6, 6.07) is 18.9. The zero-order valence-electron chi connectivity index (χ0n) is 17.4. The molecule has 2 aliphatic rings. The molecule has 5 heteroatoms. The van der Waals surface area contributed by atoms with Gasteiger partial charge in [-0.15, -0.1) is 0 Å². The predicted octanol–water partition coefficient (Wildman–Crippen LogP) is 4.25. The Hall–Kier alpha value is -2.66. The van der Waals surface area contributed by atoms with E-state index in [1.54, 1.807) is 12.1 Å². The fraction of sp³-hybridized carbons (Fsp3) is 0.417. The second-order valence-electron chi connectivity index (χ2n) is 8.14. The van der Waals surface area contributed by atoms with Crippen molar-refractivity contribution in [2.24, 2.45) is 5.10 Å². The van der Waals surface area contributed by atoms with Gasteiger partial charge in [0.1, 0.15) is 5.75 Å². The molecule has 0 radical (unpaired) electrons. The summed E-state index contributed by atoms with van der Waals surface area (Å²) in [5.74, 6) is 0.880. The lowest BCUT2D eigenvalue weighted by Gasteiger charge is -2.29. The normalized spacial score (nSPS) is 19.0. The number of ether oxygens (including phenoxy) is 1. The van der Waals surface area contributed by atoms with Gasteiger partial charge in [-0.25, -0.2) is 5.01 Å². The zero-order valence-corrected chi connectivity index (χ0v) is 17.4. The summed E-state index contributed by atoms with van der Waals surface area (Å²) >= 11 is 0. The highest BCUT2D eigenvalue weighted by molar-refractivity contribution is 6.03. The Kier molecular flexibility index (Phi) is 5.67. The average molecular weight is 392 g/mol. The Balaban J connectivity index is 1.61. The van der Waals surface area contributed by atoms with Gasteiger partial charge in [0.2, 0.25) is 0 Å². The fourth-order valence-corrected chi connectivity index (χ4v) is 4.00. The molecule has 1 heterocycles. The third-order valence-corrected chi connectivity index (χ3v) is 5.77. The SMILES string of the molecule is COc1ccc([C@H]2CC(c3ccccc3)=NN2C(=O)CN(C(C)C)C2CC2)cc1. The number of rotatable bonds is 7. The van der Waals surface area contributed by atoms with E-state index in [1.807, 2.05) is 42.5 Å². The van der Waals surface area contributed by atoms with Crippen LogP contribution in [-0.4, -0.2) is 47.3 Å². The molecule has 152 valence electrons. The van der Waals surface area contributed by atoms with Gasteiger partial charge in [0, 0.05) is 18.5 Å². The quantitative estimate of drug-likeness (QED) is 0.709. The molecule has 1 aliphatic heterocycles. The highest BCUT2D eigenvalue weighted by Crippen LogP contribution is 2.35. The number of hydrogen-bond acceptors (Lipinski definition) is 4. The van der Waals surface area contributed by atoms with Crippen LogP contribution in [0.2, 0.25) is 0 Å². The van der Waals surface area contributed by atoms with E-state index in [0.29, 0.717) is 25.0 Å². The Bertz CT molecular complexity index is 871. The van der Waals surface area contributed by atoms with E-state index in [-0.39, 0.29) is 11.9 Å². The van der Waals surface area contributed by atoms with Crippen molar-refractivity contribution >= 4 is 11.6 Å². The van der Waals surface area contributed by atoms with Crippen molar-refractivity contribution < 1.29 is 9.53 Å². The monoisotopic (exact) mass is 391 g/mol. The molecular formula is C24H29N3O2. The molecule has 1 aliphatic carbocycles. The van der Waals surface area contributed by atoms with Gasteiger partial charge in [0.05, 0.1) is 25.4 Å². The lowest BCUT2D eigenvalue weighted by molar-refractivity contribution is -0.134. The molecule has 0 spiro atoms. The van der Waals surface area contributed by atoms with Gasteiger partial charge in [0.15, 0.2) is 0 Å². The van der Waals surface area contributed by atoms with Crippen molar-refractivity contribution in [2.45, 2.75) is 51.2 Å². The standard InChI is InChI=1S/C24H29N3O2/c1-17(2)26(20-11-12-20)16-24(28)27-23(19-9-13-21(29-3)14-10-19)15-22(25-27)18-7-5-4-6-8-18/h4-10,13-14,17,20,23H,11-12,15-16H2,1-3H3/t23-/m1/s1. The minimum atomic E-state index is -0.0863. The molecule has 0 bridgehead atoms. The van der Waals surface area contributed by atoms with Crippen LogP contribution >= 0.6 is 0 Å². The van der Waals surface area contributed by atoms with Crippen LogP contribution in [0.25, 0.3) is 0 Å². The van der Waals surface area contributed by atoms with E-state index in [9.17, 15) is 4.79 Å². The maximum absolute atomic E-state index is 13.3. The molecule has 0 unspecified atom stereocenters. The summed E-state index contributed by atoms with van der Waals surface area (Å²) in [5, 5.41) is 6.50. The van der Waals surface area contributed by atoms with E-state index < -0.39 is 0 Å².